The van der Waals surface area contributed by atoms with Crippen LogP contribution in [0.5, 0.6) is 0 Å². The van der Waals surface area contributed by atoms with E-state index in [1.165, 1.54) is 24.3 Å². The lowest BCUT2D eigenvalue weighted by atomic mass is 10.3. The second-order valence-electron chi connectivity index (χ2n) is 2.55. The van der Waals surface area contributed by atoms with Gasteiger partial charge in [-0.1, -0.05) is 0 Å². The molecule has 6 heteroatoms. The molecule has 0 aliphatic heterocycles. The lowest BCUT2D eigenvalue weighted by molar-refractivity contribution is -0.129. The number of benzene rings is 1. The zero-order valence-corrected chi connectivity index (χ0v) is 7.59. The highest BCUT2D eigenvalue weighted by atomic mass is 19.1. The molecule has 1 rings (SSSR count). The second kappa shape index (κ2) is 4.85. The minimum absolute atomic E-state index is 0.376. The van der Waals surface area contributed by atoms with Gasteiger partial charge in [0.1, 0.15) is 5.82 Å². The van der Waals surface area contributed by atoms with Gasteiger partial charge in [0, 0.05) is 0 Å². The van der Waals surface area contributed by atoms with Gasteiger partial charge in [0.2, 0.25) is 0 Å². The molecule has 0 spiro atoms. The van der Waals surface area contributed by atoms with E-state index in [1.54, 1.807) is 0 Å². The van der Waals surface area contributed by atoms with Crippen LogP contribution in [0.3, 0.4) is 0 Å². The van der Waals surface area contributed by atoms with Crippen molar-refractivity contribution in [1.82, 2.24) is 0 Å². The maximum atomic E-state index is 12.5. The van der Waals surface area contributed by atoms with Crippen molar-refractivity contribution in [3.63, 3.8) is 0 Å². The highest BCUT2D eigenvalue weighted by Gasteiger charge is 2.04. The average molecular weight is 209 g/mol. The molecule has 0 amide bonds. The zero-order valence-electron chi connectivity index (χ0n) is 7.59. The van der Waals surface area contributed by atoms with Gasteiger partial charge in [0.25, 0.3) is 0 Å². The SMILES string of the molecule is N/N=C(\C=Nc1ccc(F)cc1)C(=O)O. The number of nitrogens with two attached hydrogens (primary N) is 1. The maximum absolute atomic E-state index is 12.5. The third-order valence-corrected chi connectivity index (χ3v) is 1.52. The first kappa shape index (κ1) is 10.8. The molecule has 1 aromatic rings. The van der Waals surface area contributed by atoms with Crippen molar-refractivity contribution in [2.45, 2.75) is 0 Å². The van der Waals surface area contributed by atoms with Crippen molar-refractivity contribution in [2.24, 2.45) is 15.9 Å². The van der Waals surface area contributed by atoms with E-state index in [4.69, 9.17) is 10.9 Å². The molecule has 0 aromatic heterocycles. The summed E-state index contributed by atoms with van der Waals surface area (Å²) in [6.45, 7) is 0. The highest BCUT2D eigenvalue weighted by Crippen LogP contribution is 2.10. The third kappa shape index (κ3) is 3.18. The van der Waals surface area contributed by atoms with E-state index in [9.17, 15) is 9.18 Å². The largest absolute Gasteiger partial charge is 0.476 e. The quantitative estimate of drug-likeness (QED) is 0.441. The maximum Gasteiger partial charge on any atom is 0.357 e. The Labute approximate surface area is 84.7 Å². The Balaban J connectivity index is 2.81. The van der Waals surface area contributed by atoms with Crippen LogP contribution in [0, 0.1) is 5.82 Å². The number of carbonyl (C=O) groups is 1. The summed E-state index contributed by atoms with van der Waals surface area (Å²) < 4.78 is 12.5. The number of hydrazone groups is 1. The third-order valence-electron chi connectivity index (χ3n) is 1.52. The van der Waals surface area contributed by atoms with E-state index in [1.807, 2.05) is 0 Å². The molecule has 0 heterocycles. The summed E-state index contributed by atoms with van der Waals surface area (Å²) in [7, 11) is 0. The van der Waals surface area contributed by atoms with E-state index >= 15 is 0 Å². The first-order valence-corrected chi connectivity index (χ1v) is 3.94. The lowest BCUT2D eigenvalue weighted by Gasteiger charge is -1.93. The van der Waals surface area contributed by atoms with Crippen LogP contribution in [0.2, 0.25) is 0 Å². The van der Waals surface area contributed by atoms with E-state index in [0.717, 1.165) is 6.21 Å². The number of carboxylic acids is 1. The molecule has 3 N–H and O–H groups in total. The van der Waals surface area contributed by atoms with Gasteiger partial charge in [-0.25, -0.2) is 9.18 Å². The number of nitrogens with zero attached hydrogens (tertiary/aromatic N) is 2. The Morgan fingerprint density at radius 2 is 2.00 bits per heavy atom. The predicted molar refractivity (Wildman–Crippen MR) is 53.8 cm³/mol. The van der Waals surface area contributed by atoms with E-state index in [-0.39, 0.29) is 11.5 Å². The van der Waals surface area contributed by atoms with Crippen LogP contribution in [0.1, 0.15) is 0 Å². The molecule has 0 saturated carbocycles. The summed E-state index contributed by atoms with van der Waals surface area (Å²) in [6, 6.07) is 5.24. The molecule has 0 aliphatic rings. The fourth-order valence-electron chi connectivity index (χ4n) is 0.807. The summed E-state index contributed by atoms with van der Waals surface area (Å²) in [5, 5.41) is 11.5. The molecular weight excluding hydrogens is 201 g/mol. The van der Waals surface area contributed by atoms with Crippen LogP contribution in [0.25, 0.3) is 0 Å². The van der Waals surface area contributed by atoms with Crippen molar-refractivity contribution in [3.8, 4) is 0 Å². The monoisotopic (exact) mass is 209 g/mol. The molecule has 0 aliphatic carbocycles. The standard InChI is InChI=1S/C9H8FN3O2/c10-6-1-3-7(4-2-6)12-5-8(13-11)9(14)15/h1-5H,11H2,(H,14,15)/b12-5?,13-8+. The van der Waals surface area contributed by atoms with Crippen LogP contribution >= 0.6 is 0 Å². The number of aliphatic imine (C=N–C) groups is 1. The lowest BCUT2D eigenvalue weighted by Crippen LogP contribution is -2.16. The van der Waals surface area contributed by atoms with E-state index in [2.05, 4.69) is 10.1 Å². The molecule has 0 saturated heterocycles. The smallest absolute Gasteiger partial charge is 0.357 e. The molecular formula is C9H8FN3O2. The minimum Gasteiger partial charge on any atom is -0.476 e. The summed E-state index contributed by atoms with van der Waals surface area (Å²) in [6.07, 6.45) is 0.996. The fraction of sp³-hybridized carbons (Fsp3) is 0. The van der Waals surface area contributed by atoms with Crippen LogP contribution in [-0.4, -0.2) is 23.0 Å². The molecule has 78 valence electrons. The molecule has 15 heavy (non-hydrogen) atoms. The van der Waals surface area contributed by atoms with Crippen LogP contribution in [0.15, 0.2) is 34.4 Å². The van der Waals surface area contributed by atoms with Crippen molar-refractivity contribution in [2.75, 3.05) is 0 Å². The van der Waals surface area contributed by atoms with Crippen molar-refractivity contribution < 1.29 is 14.3 Å². The zero-order chi connectivity index (χ0) is 11.3. The Morgan fingerprint density at radius 3 is 2.47 bits per heavy atom. The Morgan fingerprint density at radius 1 is 1.40 bits per heavy atom. The van der Waals surface area contributed by atoms with Gasteiger partial charge >= 0.3 is 5.97 Å². The van der Waals surface area contributed by atoms with Crippen molar-refractivity contribution >= 4 is 23.6 Å². The van der Waals surface area contributed by atoms with Gasteiger partial charge < -0.3 is 10.9 Å². The number of rotatable bonds is 3. The summed E-state index contributed by atoms with van der Waals surface area (Å²) >= 11 is 0. The second-order valence-corrected chi connectivity index (χ2v) is 2.55. The Bertz CT molecular complexity index is 412. The predicted octanol–water partition coefficient (Wildman–Crippen LogP) is 0.927. The van der Waals surface area contributed by atoms with Crippen LogP contribution in [0.4, 0.5) is 10.1 Å². The first-order chi connectivity index (χ1) is 7.13. The molecule has 1 aromatic carbocycles. The Kier molecular flexibility index (Phi) is 3.50. The van der Waals surface area contributed by atoms with Gasteiger partial charge in [-0.05, 0) is 24.3 Å². The van der Waals surface area contributed by atoms with Crippen LogP contribution in [-0.2, 0) is 4.79 Å². The average Bonchev–Trinajstić information content (AvgIpc) is 2.21. The van der Waals surface area contributed by atoms with Crippen LogP contribution < -0.4 is 5.84 Å². The molecule has 5 nitrogen and oxygen atoms in total. The summed E-state index contributed by atoms with van der Waals surface area (Å²) in [5.74, 6) is 3.15. The number of hydrogen-bond donors (Lipinski definition) is 2. The summed E-state index contributed by atoms with van der Waals surface area (Å²) in [5.41, 5.74) is 0.0399. The molecule has 0 bridgehead atoms. The topological polar surface area (TPSA) is 88.0 Å². The molecule has 0 fully saturated rings. The van der Waals surface area contributed by atoms with E-state index < -0.39 is 5.97 Å². The fourth-order valence-corrected chi connectivity index (χ4v) is 0.807. The van der Waals surface area contributed by atoms with E-state index in [0.29, 0.717) is 5.69 Å². The molecule has 0 unspecified atom stereocenters. The van der Waals surface area contributed by atoms with Gasteiger partial charge in [0.15, 0.2) is 5.71 Å². The summed E-state index contributed by atoms with van der Waals surface area (Å²) in [4.78, 5) is 14.2. The van der Waals surface area contributed by atoms with Gasteiger partial charge in [-0.15, -0.1) is 0 Å². The normalized spacial score (nSPS) is 11.9. The van der Waals surface area contributed by atoms with Crippen molar-refractivity contribution in [1.29, 1.82) is 0 Å². The van der Waals surface area contributed by atoms with Crippen molar-refractivity contribution in [3.05, 3.63) is 30.1 Å². The number of halogens is 1. The van der Waals surface area contributed by atoms with Gasteiger partial charge in [0.05, 0.1) is 11.9 Å². The first-order valence-electron chi connectivity index (χ1n) is 3.94. The number of carboxylic acid groups (broad SMARTS) is 1. The molecule has 0 radical (unpaired) electrons. The van der Waals surface area contributed by atoms with Gasteiger partial charge in [-0.2, -0.15) is 5.10 Å². The minimum atomic E-state index is -1.27. The Hall–Kier alpha value is -2.24. The number of aliphatic carboxylic acids is 1. The molecule has 0 atom stereocenters. The highest BCUT2D eigenvalue weighted by molar-refractivity contribution is 6.58. The number of hydrogen-bond acceptors (Lipinski definition) is 4. The van der Waals surface area contributed by atoms with Gasteiger partial charge in [-0.3, -0.25) is 4.99 Å².